The van der Waals surface area contributed by atoms with Gasteiger partial charge in [-0.2, -0.15) is 0 Å². The molecule has 3 aromatic rings. The molecular weight excluding hydrogens is 464 g/mol. The molecule has 1 heterocycles. The smallest absolute Gasteiger partial charge is 0.238 e. The molecule has 0 atom stereocenters. The third kappa shape index (κ3) is 8.95. The molecule has 0 aliphatic heterocycles. The van der Waals surface area contributed by atoms with E-state index in [0.29, 0.717) is 31.8 Å². The fourth-order valence-corrected chi connectivity index (χ4v) is 4.32. The van der Waals surface area contributed by atoms with E-state index in [9.17, 15) is 13.2 Å². The molecule has 35 heavy (non-hydrogen) atoms. The van der Waals surface area contributed by atoms with Crippen molar-refractivity contribution in [3.8, 4) is 0 Å². The molecule has 0 radical (unpaired) electrons. The standard InChI is InChI=1S/C26H34N4O4S/c27-15-5-16-29(17-13-22-6-2-1-3-7-22)21-26(31)30(20-24-8-4-19-34-24)18-14-23-9-11-25(12-10-23)35(28,32)33/h1-4,6-12,19H,5,13-18,20-21,27H2,(H2,28,32,33). The highest BCUT2D eigenvalue weighted by Crippen LogP contribution is 2.12. The molecule has 0 saturated carbocycles. The van der Waals surface area contributed by atoms with Crippen LogP contribution in [0, 0.1) is 0 Å². The lowest BCUT2D eigenvalue weighted by Crippen LogP contribution is -2.42. The van der Waals surface area contributed by atoms with Gasteiger partial charge in [-0.25, -0.2) is 13.6 Å². The molecule has 0 fully saturated rings. The quantitative estimate of drug-likeness (QED) is 0.352. The molecule has 0 spiro atoms. The van der Waals surface area contributed by atoms with Gasteiger partial charge in [-0.1, -0.05) is 42.5 Å². The minimum Gasteiger partial charge on any atom is -0.467 e. The van der Waals surface area contributed by atoms with Crippen LogP contribution in [0.2, 0.25) is 0 Å². The number of furan rings is 1. The van der Waals surface area contributed by atoms with Gasteiger partial charge in [0.2, 0.25) is 15.9 Å². The number of primary sulfonamides is 1. The van der Waals surface area contributed by atoms with E-state index in [-0.39, 0.29) is 17.3 Å². The van der Waals surface area contributed by atoms with E-state index in [1.807, 2.05) is 24.3 Å². The van der Waals surface area contributed by atoms with Crippen molar-refractivity contribution in [3.05, 3.63) is 89.9 Å². The number of sulfonamides is 1. The number of hydrogen-bond acceptors (Lipinski definition) is 6. The predicted octanol–water partition coefficient (Wildman–Crippen LogP) is 2.39. The molecule has 0 saturated heterocycles. The minimum absolute atomic E-state index is 0.00707. The van der Waals surface area contributed by atoms with Gasteiger partial charge in [0.15, 0.2) is 0 Å². The Morgan fingerprint density at radius 2 is 1.54 bits per heavy atom. The van der Waals surface area contributed by atoms with Crippen molar-refractivity contribution in [2.75, 3.05) is 32.7 Å². The molecule has 0 bridgehead atoms. The van der Waals surface area contributed by atoms with Crippen LogP contribution in [0.5, 0.6) is 0 Å². The molecule has 9 heteroatoms. The largest absolute Gasteiger partial charge is 0.467 e. The maximum atomic E-state index is 13.4. The van der Waals surface area contributed by atoms with Gasteiger partial charge in [-0.15, -0.1) is 0 Å². The van der Waals surface area contributed by atoms with Crippen LogP contribution in [-0.2, 0) is 34.2 Å². The van der Waals surface area contributed by atoms with Gasteiger partial charge < -0.3 is 15.1 Å². The van der Waals surface area contributed by atoms with E-state index < -0.39 is 10.0 Å². The van der Waals surface area contributed by atoms with Gasteiger partial charge in [-0.3, -0.25) is 9.69 Å². The third-order valence-electron chi connectivity index (χ3n) is 5.80. The highest BCUT2D eigenvalue weighted by molar-refractivity contribution is 7.89. The molecule has 0 aliphatic rings. The van der Waals surface area contributed by atoms with Crippen LogP contribution in [0.3, 0.4) is 0 Å². The van der Waals surface area contributed by atoms with E-state index in [1.54, 1.807) is 29.4 Å². The third-order valence-corrected chi connectivity index (χ3v) is 6.73. The van der Waals surface area contributed by atoms with Gasteiger partial charge in [0, 0.05) is 13.1 Å². The number of hydrogen-bond donors (Lipinski definition) is 2. The second kappa shape index (κ2) is 13.2. The summed E-state index contributed by atoms with van der Waals surface area (Å²) in [7, 11) is -3.74. The van der Waals surface area contributed by atoms with Gasteiger partial charge in [-0.05, 0) is 67.7 Å². The zero-order valence-corrected chi connectivity index (χ0v) is 20.7. The molecule has 1 aromatic heterocycles. The lowest BCUT2D eigenvalue weighted by atomic mass is 10.1. The number of rotatable bonds is 14. The van der Waals surface area contributed by atoms with Crippen molar-refractivity contribution in [2.24, 2.45) is 10.9 Å². The molecule has 0 unspecified atom stereocenters. The van der Waals surface area contributed by atoms with Crippen molar-refractivity contribution in [1.82, 2.24) is 9.80 Å². The number of nitrogens with two attached hydrogens (primary N) is 2. The molecule has 2 aromatic carbocycles. The molecule has 1 amide bonds. The van der Waals surface area contributed by atoms with Gasteiger partial charge in [0.1, 0.15) is 5.76 Å². The SMILES string of the molecule is NCCCN(CCc1ccccc1)CC(=O)N(CCc1ccc(S(N)(=O)=O)cc1)Cc1ccco1. The number of amides is 1. The van der Waals surface area contributed by atoms with Crippen LogP contribution in [0.25, 0.3) is 0 Å². The summed E-state index contributed by atoms with van der Waals surface area (Å²) >= 11 is 0. The number of carbonyl (C=O) groups is 1. The minimum atomic E-state index is -3.74. The Hall–Kier alpha value is -2.98. The van der Waals surface area contributed by atoms with Crippen LogP contribution in [0.15, 0.2) is 82.3 Å². The average molecular weight is 499 g/mol. The van der Waals surface area contributed by atoms with Gasteiger partial charge in [0.25, 0.3) is 0 Å². The van der Waals surface area contributed by atoms with Crippen molar-refractivity contribution in [2.45, 2.75) is 30.7 Å². The summed E-state index contributed by atoms with van der Waals surface area (Å²) in [6, 6.07) is 20.3. The monoisotopic (exact) mass is 498 g/mol. The lowest BCUT2D eigenvalue weighted by Gasteiger charge is -2.27. The Morgan fingerprint density at radius 3 is 2.17 bits per heavy atom. The highest BCUT2D eigenvalue weighted by atomic mass is 32.2. The zero-order valence-electron chi connectivity index (χ0n) is 19.9. The van der Waals surface area contributed by atoms with Gasteiger partial charge >= 0.3 is 0 Å². The first-order valence-corrected chi connectivity index (χ1v) is 13.3. The molecule has 8 nitrogen and oxygen atoms in total. The Morgan fingerprint density at radius 1 is 0.857 bits per heavy atom. The Bertz CT molecular complexity index is 1130. The molecule has 0 aliphatic carbocycles. The first-order chi connectivity index (χ1) is 16.8. The Balaban J connectivity index is 1.66. The lowest BCUT2D eigenvalue weighted by molar-refractivity contribution is -0.133. The van der Waals surface area contributed by atoms with Crippen LogP contribution >= 0.6 is 0 Å². The van der Waals surface area contributed by atoms with E-state index in [1.165, 1.54) is 17.7 Å². The summed E-state index contributed by atoms with van der Waals surface area (Å²) in [5, 5.41) is 5.18. The van der Waals surface area contributed by atoms with E-state index in [0.717, 1.165) is 31.5 Å². The summed E-state index contributed by atoms with van der Waals surface area (Å²) in [4.78, 5) is 17.4. The number of benzene rings is 2. The summed E-state index contributed by atoms with van der Waals surface area (Å²) in [5.41, 5.74) is 7.88. The van der Waals surface area contributed by atoms with Crippen molar-refractivity contribution >= 4 is 15.9 Å². The van der Waals surface area contributed by atoms with Crippen LogP contribution in [0.4, 0.5) is 0 Å². The van der Waals surface area contributed by atoms with Crippen LogP contribution < -0.4 is 10.9 Å². The zero-order chi connectivity index (χ0) is 25.1. The summed E-state index contributed by atoms with van der Waals surface area (Å²) in [6.07, 6.45) is 3.84. The summed E-state index contributed by atoms with van der Waals surface area (Å²) in [6.45, 7) is 3.21. The van der Waals surface area contributed by atoms with E-state index in [4.69, 9.17) is 15.3 Å². The molecular formula is C26H34N4O4S. The average Bonchev–Trinajstić information content (AvgIpc) is 3.37. The maximum absolute atomic E-state index is 13.4. The van der Waals surface area contributed by atoms with Crippen molar-refractivity contribution in [3.63, 3.8) is 0 Å². The molecule has 4 N–H and O–H groups in total. The van der Waals surface area contributed by atoms with Gasteiger partial charge in [0.05, 0.1) is 24.2 Å². The molecule has 3 rings (SSSR count). The van der Waals surface area contributed by atoms with E-state index >= 15 is 0 Å². The first-order valence-electron chi connectivity index (χ1n) is 11.7. The van der Waals surface area contributed by atoms with E-state index in [2.05, 4.69) is 17.0 Å². The topological polar surface area (TPSA) is 123 Å². The fraction of sp³-hybridized carbons (Fsp3) is 0.346. The van der Waals surface area contributed by atoms with Crippen molar-refractivity contribution in [1.29, 1.82) is 0 Å². The van der Waals surface area contributed by atoms with Crippen LogP contribution in [0.1, 0.15) is 23.3 Å². The molecule has 188 valence electrons. The number of nitrogens with zero attached hydrogens (tertiary/aromatic N) is 2. The maximum Gasteiger partial charge on any atom is 0.238 e. The summed E-state index contributed by atoms with van der Waals surface area (Å²) in [5.74, 6) is 0.716. The highest BCUT2D eigenvalue weighted by Gasteiger charge is 2.19. The number of carbonyl (C=O) groups excluding carboxylic acids is 1. The second-order valence-corrected chi connectivity index (χ2v) is 10.0. The Kier molecular flexibility index (Phi) is 10.0. The van der Waals surface area contributed by atoms with Crippen LogP contribution in [-0.4, -0.2) is 56.8 Å². The predicted molar refractivity (Wildman–Crippen MR) is 136 cm³/mol. The second-order valence-electron chi connectivity index (χ2n) is 8.49. The Labute approximate surface area is 207 Å². The summed E-state index contributed by atoms with van der Waals surface area (Å²) < 4.78 is 28.5. The first kappa shape index (κ1) is 26.6. The van der Waals surface area contributed by atoms with Crippen molar-refractivity contribution < 1.29 is 17.6 Å². The fourth-order valence-electron chi connectivity index (χ4n) is 3.80. The normalized spacial score (nSPS) is 11.6.